The Labute approximate surface area is 62.3 Å². The van der Waals surface area contributed by atoms with Crippen LogP contribution >= 0.6 is 0 Å². The quantitative estimate of drug-likeness (QED) is 0.516. The minimum absolute atomic E-state index is 0.772. The molecule has 0 saturated heterocycles. The number of rotatable bonds is 3. The first kappa shape index (κ1) is 8.52. The van der Waals surface area contributed by atoms with Crippen molar-refractivity contribution in [2.45, 2.75) is 13.8 Å². The van der Waals surface area contributed by atoms with Gasteiger partial charge in [-0.1, -0.05) is 0 Å². The minimum atomic E-state index is 0.772. The summed E-state index contributed by atoms with van der Waals surface area (Å²) in [6.45, 7) is 4.15. The van der Waals surface area contributed by atoms with Gasteiger partial charge in [-0.25, -0.2) is 0 Å². The fourth-order valence-corrected chi connectivity index (χ4v) is 4.73. The average molecular weight is 240 g/mol. The van der Waals surface area contributed by atoms with Crippen LogP contribution in [0.2, 0.25) is 0 Å². The Balaban J connectivity index is 2.93. The fraction of sp³-hybridized carbons (Fsp3) is 0.333. The summed E-state index contributed by atoms with van der Waals surface area (Å²) < 4.78 is 0. The Hall–Kier alpha value is 0.519. The third kappa shape index (κ3) is 6.52. The molecule has 0 bridgehead atoms. The third-order valence-corrected chi connectivity index (χ3v) is 5.91. The molecule has 0 aliphatic carbocycles. The molecule has 0 aromatic carbocycles. The molecule has 0 aliphatic heterocycles. The van der Waals surface area contributed by atoms with Crippen molar-refractivity contribution in [3.8, 4) is 0 Å². The molecule has 0 radical (unpaired) electrons. The molecular weight excluding hydrogens is 230 g/mol. The summed E-state index contributed by atoms with van der Waals surface area (Å²) in [6.07, 6.45) is 4.26. The first-order valence-corrected chi connectivity index (χ1v) is 8.77. The summed E-state index contributed by atoms with van der Waals surface area (Å²) in [7, 11) is 0. The van der Waals surface area contributed by atoms with Crippen molar-refractivity contribution in [3.05, 3.63) is 22.1 Å². The van der Waals surface area contributed by atoms with Gasteiger partial charge in [-0.05, 0) is 0 Å². The van der Waals surface area contributed by atoms with Crippen LogP contribution in [0.25, 0.3) is 0 Å². The zero-order valence-electron chi connectivity index (χ0n) is 5.13. The number of hydrogen-bond donors (Lipinski definition) is 0. The van der Waals surface area contributed by atoms with Gasteiger partial charge in [0.25, 0.3) is 0 Å². The van der Waals surface area contributed by atoms with Gasteiger partial charge in [0.05, 0.1) is 0 Å². The standard InChI is InChI=1S/C6H10Se2/c1-3-5-7-8-6-4-2/h3-6H,1-2H3/b5-3-,6-4-. The van der Waals surface area contributed by atoms with Gasteiger partial charge in [-0.15, -0.1) is 0 Å². The van der Waals surface area contributed by atoms with Gasteiger partial charge in [-0.3, -0.25) is 0 Å². The second kappa shape index (κ2) is 7.52. The van der Waals surface area contributed by atoms with Crippen molar-refractivity contribution in [3.63, 3.8) is 0 Å². The summed E-state index contributed by atoms with van der Waals surface area (Å²) in [5.74, 6) is 0. The third-order valence-electron chi connectivity index (χ3n) is 0.439. The fourth-order valence-electron chi connectivity index (χ4n) is 0.175. The van der Waals surface area contributed by atoms with Gasteiger partial charge in [0.1, 0.15) is 0 Å². The van der Waals surface area contributed by atoms with Gasteiger partial charge in [0, 0.05) is 0 Å². The molecule has 46 valence electrons. The second-order valence-corrected chi connectivity index (χ2v) is 7.28. The monoisotopic (exact) mass is 242 g/mol. The van der Waals surface area contributed by atoms with E-state index in [0.717, 1.165) is 26.3 Å². The van der Waals surface area contributed by atoms with Crippen molar-refractivity contribution in [2.24, 2.45) is 0 Å². The van der Waals surface area contributed by atoms with Crippen LogP contribution in [0.15, 0.2) is 22.1 Å². The SMILES string of the molecule is C/C=C\[Se][Se]/C=C\C. The molecule has 0 rings (SSSR count). The van der Waals surface area contributed by atoms with E-state index < -0.39 is 0 Å². The van der Waals surface area contributed by atoms with Crippen LogP contribution in [0.5, 0.6) is 0 Å². The van der Waals surface area contributed by atoms with E-state index in [1.165, 1.54) is 0 Å². The molecule has 0 unspecified atom stereocenters. The molecule has 0 spiro atoms. The van der Waals surface area contributed by atoms with Gasteiger partial charge in [0.2, 0.25) is 0 Å². The Morgan fingerprint density at radius 1 is 0.875 bits per heavy atom. The summed E-state index contributed by atoms with van der Waals surface area (Å²) >= 11 is 1.54. The normalized spacial score (nSPS) is 11.8. The molecule has 0 aromatic heterocycles. The van der Waals surface area contributed by atoms with Crippen molar-refractivity contribution in [1.29, 1.82) is 0 Å². The molecule has 0 saturated carbocycles. The molecular formula is C6H10Se2. The molecule has 8 heavy (non-hydrogen) atoms. The summed E-state index contributed by atoms with van der Waals surface area (Å²) in [6, 6.07) is 0. The van der Waals surface area contributed by atoms with E-state index >= 15 is 0 Å². The number of allylic oxidation sites excluding steroid dienone is 2. The average Bonchev–Trinajstić information content (AvgIpc) is 1.81. The predicted molar refractivity (Wildman–Crippen MR) is 41.1 cm³/mol. The maximum absolute atomic E-state index is 2.27. The van der Waals surface area contributed by atoms with Crippen LogP contribution in [-0.4, -0.2) is 26.3 Å². The van der Waals surface area contributed by atoms with E-state index in [1.54, 1.807) is 0 Å². The predicted octanol–water partition coefficient (Wildman–Crippen LogP) is 1.38. The molecule has 0 heterocycles. The van der Waals surface area contributed by atoms with E-state index in [-0.39, 0.29) is 0 Å². The van der Waals surface area contributed by atoms with E-state index in [4.69, 9.17) is 0 Å². The van der Waals surface area contributed by atoms with Crippen molar-refractivity contribution < 1.29 is 0 Å². The van der Waals surface area contributed by atoms with Crippen molar-refractivity contribution in [1.82, 2.24) is 0 Å². The van der Waals surface area contributed by atoms with Crippen LogP contribution in [0, 0.1) is 0 Å². The molecule has 0 aliphatic rings. The molecule has 0 nitrogen and oxygen atoms in total. The Kier molecular flexibility index (Phi) is 8.01. The summed E-state index contributed by atoms with van der Waals surface area (Å²) in [5, 5.41) is 0. The van der Waals surface area contributed by atoms with Crippen molar-refractivity contribution in [2.75, 3.05) is 0 Å². The van der Waals surface area contributed by atoms with Crippen LogP contribution in [0.4, 0.5) is 0 Å². The molecule has 2 heteroatoms. The van der Waals surface area contributed by atoms with Gasteiger partial charge in [0.15, 0.2) is 0 Å². The maximum atomic E-state index is 2.27. The van der Waals surface area contributed by atoms with Gasteiger partial charge < -0.3 is 0 Å². The summed E-state index contributed by atoms with van der Waals surface area (Å²) in [5.41, 5.74) is 0. The molecule has 0 aromatic rings. The second-order valence-electron chi connectivity index (χ2n) is 1.13. The van der Waals surface area contributed by atoms with Crippen molar-refractivity contribution >= 4 is 26.3 Å². The molecule has 0 fully saturated rings. The molecule has 0 amide bonds. The summed E-state index contributed by atoms with van der Waals surface area (Å²) in [4.78, 5) is 4.54. The van der Waals surface area contributed by atoms with Crippen LogP contribution in [0.3, 0.4) is 0 Å². The van der Waals surface area contributed by atoms with E-state index in [9.17, 15) is 0 Å². The van der Waals surface area contributed by atoms with E-state index in [1.807, 2.05) is 0 Å². The van der Waals surface area contributed by atoms with Crippen LogP contribution in [-0.2, 0) is 0 Å². The Bertz CT molecular complexity index is 72.5. The van der Waals surface area contributed by atoms with Crippen LogP contribution in [0.1, 0.15) is 13.8 Å². The topological polar surface area (TPSA) is 0 Å². The first-order chi connectivity index (χ1) is 3.91. The van der Waals surface area contributed by atoms with E-state index in [2.05, 4.69) is 35.9 Å². The molecule has 0 N–H and O–H groups in total. The van der Waals surface area contributed by atoms with Gasteiger partial charge in [-0.2, -0.15) is 0 Å². The zero-order valence-corrected chi connectivity index (χ0v) is 8.55. The Morgan fingerprint density at radius 3 is 1.50 bits per heavy atom. The van der Waals surface area contributed by atoms with Crippen LogP contribution < -0.4 is 0 Å². The van der Waals surface area contributed by atoms with E-state index in [0.29, 0.717) is 0 Å². The zero-order chi connectivity index (χ0) is 6.24. The van der Waals surface area contributed by atoms with Gasteiger partial charge >= 0.3 is 62.2 Å². The first-order valence-electron chi connectivity index (χ1n) is 2.46. The molecule has 0 atom stereocenters. The number of hydrogen-bond acceptors (Lipinski definition) is 0. The Morgan fingerprint density at radius 2 is 1.25 bits per heavy atom.